The van der Waals surface area contributed by atoms with Crippen LogP contribution in [0.2, 0.25) is 5.02 Å². The molecule has 4 aromatic rings. The van der Waals surface area contributed by atoms with Gasteiger partial charge in [-0.3, -0.25) is 9.36 Å². The molecule has 0 spiro atoms. The van der Waals surface area contributed by atoms with Gasteiger partial charge >= 0.3 is 5.97 Å². The van der Waals surface area contributed by atoms with Gasteiger partial charge in [0, 0.05) is 16.1 Å². The number of carbonyl (C=O) groups is 1. The lowest BCUT2D eigenvalue weighted by Crippen LogP contribution is -2.40. The van der Waals surface area contributed by atoms with Gasteiger partial charge in [0.15, 0.2) is 11.4 Å². The highest BCUT2D eigenvalue weighted by Gasteiger charge is 2.35. The maximum absolute atomic E-state index is 14.0. The molecule has 2 heterocycles. The van der Waals surface area contributed by atoms with E-state index in [1.165, 1.54) is 15.9 Å². The van der Waals surface area contributed by atoms with Crippen molar-refractivity contribution in [3.05, 3.63) is 126 Å². The molecular formula is C30H22ClN3O4S. The van der Waals surface area contributed by atoms with Crippen molar-refractivity contribution in [3.63, 3.8) is 0 Å². The second-order valence-corrected chi connectivity index (χ2v) is 9.91. The fraction of sp³-hybridized carbons (Fsp3) is 0.133. The summed E-state index contributed by atoms with van der Waals surface area (Å²) in [6.45, 7) is 1.78. The summed E-state index contributed by atoms with van der Waals surface area (Å²) in [4.78, 5) is 32.7. The van der Waals surface area contributed by atoms with Crippen LogP contribution in [0, 0.1) is 11.3 Å². The number of nitriles is 1. The fourth-order valence-corrected chi connectivity index (χ4v) is 5.50. The fourth-order valence-electron chi connectivity index (χ4n) is 4.38. The number of hydrogen-bond acceptors (Lipinski definition) is 7. The number of aromatic nitrogens is 1. The van der Waals surface area contributed by atoms with E-state index in [-0.39, 0.29) is 24.3 Å². The van der Waals surface area contributed by atoms with E-state index in [4.69, 9.17) is 31.3 Å². The van der Waals surface area contributed by atoms with Crippen LogP contribution in [0.1, 0.15) is 29.7 Å². The van der Waals surface area contributed by atoms with Gasteiger partial charge in [-0.1, -0.05) is 83.6 Å². The van der Waals surface area contributed by atoms with Gasteiger partial charge in [-0.05, 0) is 36.8 Å². The van der Waals surface area contributed by atoms with Gasteiger partial charge in [0.05, 0.1) is 28.5 Å². The number of halogens is 1. The highest BCUT2D eigenvalue weighted by atomic mass is 35.5. The van der Waals surface area contributed by atoms with Crippen molar-refractivity contribution in [3.8, 4) is 11.8 Å². The highest BCUT2D eigenvalue weighted by molar-refractivity contribution is 7.07. The molecule has 9 heteroatoms. The molecule has 3 aromatic carbocycles. The van der Waals surface area contributed by atoms with Crippen LogP contribution >= 0.6 is 22.9 Å². The van der Waals surface area contributed by atoms with Crippen LogP contribution in [0.5, 0.6) is 5.75 Å². The molecule has 0 fully saturated rings. The topological polar surface area (TPSA) is 93.7 Å². The minimum atomic E-state index is -0.792. The molecule has 0 saturated carbocycles. The Labute approximate surface area is 233 Å². The molecule has 5 rings (SSSR count). The zero-order valence-electron chi connectivity index (χ0n) is 20.8. The summed E-state index contributed by atoms with van der Waals surface area (Å²) in [6, 6.07) is 24.7. The number of fused-ring (bicyclic) bond motifs is 1. The molecule has 0 aliphatic carbocycles. The van der Waals surface area contributed by atoms with E-state index < -0.39 is 12.0 Å². The number of thiazole rings is 1. The van der Waals surface area contributed by atoms with Gasteiger partial charge in [0.1, 0.15) is 11.8 Å². The number of benzene rings is 3. The number of para-hydroxylation sites is 1. The maximum Gasteiger partial charge on any atom is 0.338 e. The summed E-state index contributed by atoms with van der Waals surface area (Å²) in [5.41, 5.74) is 2.46. The standard InChI is InChI=1S/C30H22ClN3O4S/c1-2-37-29(36)25-26(19-8-4-3-5-9-19)33-30-34(27(25)20-12-14-22(31)15-13-20)28(35)24(39-30)18-21-10-6-7-11-23(21)38-17-16-32/h3-15,18,27H,2,17H2,1H3/b24-18-/t27-/m0/s1. The molecule has 1 atom stereocenters. The van der Waals surface area contributed by atoms with Gasteiger partial charge in [0.25, 0.3) is 5.56 Å². The van der Waals surface area contributed by atoms with Crippen molar-refractivity contribution in [1.82, 2.24) is 4.57 Å². The van der Waals surface area contributed by atoms with Crippen LogP contribution < -0.4 is 19.6 Å². The molecule has 0 bridgehead atoms. The van der Waals surface area contributed by atoms with E-state index in [2.05, 4.69) is 0 Å². The Morgan fingerprint density at radius 1 is 1.10 bits per heavy atom. The summed E-state index contributed by atoms with van der Waals surface area (Å²) in [6.07, 6.45) is 1.71. The summed E-state index contributed by atoms with van der Waals surface area (Å²) in [7, 11) is 0. The first kappa shape index (κ1) is 26.2. The average Bonchev–Trinajstić information content (AvgIpc) is 3.27. The van der Waals surface area contributed by atoms with Crippen molar-refractivity contribution in [2.75, 3.05) is 13.2 Å². The van der Waals surface area contributed by atoms with Crippen LogP contribution in [0.25, 0.3) is 11.8 Å². The predicted octanol–water partition coefficient (Wildman–Crippen LogP) is 4.49. The van der Waals surface area contributed by atoms with Crippen LogP contribution in [-0.2, 0) is 9.53 Å². The average molecular weight is 556 g/mol. The Bertz CT molecular complexity index is 1780. The van der Waals surface area contributed by atoms with Crippen molar-refractivity contribution in [2.45, 2.75) is 13.0 Å². The minimum absolute atomic E-state index is 0.119. The van der Waals surface area contributed by atoms with Crippen molar-refractivity contribution < 1.29 is 14.3 Å². The van der Waals surface area contributed by atoms with E-state index in [9.17, 15) is 9.59 Å². The van der Waals surface area contributed by atoms with E-state index >= 15 is 0 Å². The molecule has 0 amide bonds. The Hall–Kier alpha value is -4.45. The highest BCUT2D eigenvalue weighted by Crippen LogP contribution is 2.35. The smallest absolute Gasteiger partial charge is 0.338 e. The summed E-state index contributed by atoms with van der Waals surface area (Å²) >= 11 is 7.39. The maximum atomic E-state index is 14.0. The third kappa shape index (κ3) is 5.28. The summed E-state index contributed by atoms with van der Waals surface area (Å²) < 4.78 is 13.0. The van der Waals surface area contributed by atoms with Gasteiger partial charge in [-0.2, -0.15) is 5.26 Å². The molecule has 39 heavy (non-hydrogen) atoms. The van der Waals surface area contributed by atoms with E-state index in [1.54, 1.807) is 55.5 Å². The minimum Gasteiger partial charge on any atom is -0.478 e. The molecule has 0 N–H and O–H groups in total. The van der Waals surface area contributed by atoms with Crippen LogP contribution in [0.3, 0.4) is 0 Å². The van der Waals surface area contributed by atoms with Crippen LogP contribution in [-0.4, -0.2) is 23.8 Å². The number of ether oxygens (including phenoxy) is 2. The number of rotatable bonds is 7. The second kappa shape index (κ2) is 11.5. The molecule has 7 nitrogen and oxygen atoms in total. The quantitative estimate of drug-likeness (QED) is 0.313. The molecular weight excluding hydrogens is 534 g/mol. The normalized spacial score (nSPS) is 14.8. The lowest BCUT2D eigenvalue weighted by Gasteiger charge is -2.25. The molecule has 194 valence electrons. The van der Waals surface area contributed by atoms with Gasteiger partial charge in [0.2, 0.25) is 0 Å². The first-order valence-electron chi connectivity index (χ1n) is 12.1. The summed E-state index contributed by atoms with van der Waals surface area (Å²) in [5.74, 6) is -0.0686. The van der Waals surface area contributed by atoms with E-state index in [0.717, 1.165) is 5.56 Å². The van der Waals surface area contributed by atoms with Gasteiger partial charge < -0.3 is 9.47 Å². The Balaban J connectivity index is 1.80. The lowest BCUT2D eigenvalue weighted by molar-refractivity contribution is -0.138. The van der Waals surface area contributed by atoms with E-state index in [1.807, 2.05) is 42.5 Å². The Kier molecular flexibility index (Phi) is 7.73. The third-order valence-corrected chi connectivity index (χ3v) is 7.29. The van der Waals surface area contributed by atoms with E-state index in [0.29, 0.717) is 36.9 Å². The van der Waals surface area contributed by atoms with Crippen molar-refractivity contribution in [2.24, 2.45) is 4.99 Å². The van der Waals surface area contributed by atoms with Gasteiger partial charge in [-0.15, -0.1) is 0 Å². The number of esters is 1. The first-order valence-corrected chi connectivity index (χ1v) is 13.3. The monoisotopic (exact) mass is 555 g/mol. The SMILES string of the molecule is CCOC(=O)C1=C(c2ccccc2)N=c2s/c(=C\c3ccccc3OCC#N)c(=O)n2[C@H]1c1ccc(Cl)cc1. The van der Waals surface area contributed by atoms with Gasteiger partial charge in [-0.25, -0.2) is 9.79 Å². The molecule has 1 aromatic heterocycles. The number of hydrogen-bond donors (Lipinski definition) is 0. The molecule has 0 unspecified atom stereocenters. The zero-order chi connectivity index (χ0) is 27.4. The Morgan fingerprint density at radius 3 is 2.54 bits per heavy atom. The largest absolute Gasteiger partial charge is 0.478 e. The van der Waals surface area contributed by atoms with Crippen molar-refractivity contribution >= 4 is 40.7 Å². The first-order chi connectivity index (χ1) is 19.0. The predicted molar refractivity (Wildman–Crippen MR) is 150 cm³/mol. The Morgan fingerprint density at radius 2 is 1.82 bits per heavy atom. The lowest BCUT2D eigenvalue weighted by atomic mass is 9.93. The molecule has 0 saturated heterocycles. The van der Waals surface area contributed by atoms with Crippen LogP contribution in [0.15, 0.2) is 94.2 Å². The number of carbonyl (C=O) groups excluding carboxylic acids is 1. The zero-order valence-corrected chi connectivity index (χ0v) is 22.4. The van der Waals surface area contributed by atoms with Crippen molar-refractivity contribution in [1.29, 1.82) is 5.26 Å². The number of nitrogens with zero attached hydrogens (tertiary/aromatic N) is 3. The second-order valence-electron chi connectivity index (χ2n) is 8.47. The molecule has 1 aliphatic rings. The van der Waals surface area contributed by atoms with Crippen LogP contribution in [0.4, 0.5) is 0 Å². The summed E-state index contributed by atoms with van der Waals surface area (Å²) in [5, 5.41) is 9.48. The molecule has 0 radical (unpaired) electrons. The third-order valence-electron chi connectivity index (χ3n) is 6.06. The molecule has 1 aliphatic heterocycles.